The molecule has 0 aromatic heterocycles. The van der Waals surface area contributed by atoms with E-state index in [4.69, 9.17) is 28.9 Å². The fourth-order valence-electron chi connectivity index (χ4n) is 2.96. The van der Waals surface area contributed by atoms with E-state index in [0.717, 1.165) is 5.69 Å². The van der Waals surface area contributed by atoms with Crippen LogP contribution in [0.2, 0.25) is 10.0 Å². The molecule has 2 rings (SSSR count). The summed E-state index contributed by atoms with van der Waals surface area (Å²) in [6, 6.07) is 4.05. The van der Waals surface area contributed by atoms with Crippen LogP contribution in [-0.2, 0) is 0 Å². The van der Waals surface area contributed by atoms with Gasteiger partial charge in [-0.05, 0) is 30.9 Å². The van der Waals surface area contributed by atoms with Gasteiger partial charge >= 0.3 is 0 Å². The van der Waals surface area contributed by atoms with E-state index < -0.39 is 0 Å². The van der Waals surface area contributed by atoms with Crippen molar-refractivity contribution in [3.05, 3.63) is 22.2 Å². The molecule has 0 spiro atoms. The number of anilines is 2. The third-order valence-corrected chi connectivity index (χ3v) is 4.53. The quantitative estimate of drug-likeness (QED) is 0.806. The summed E-state index contributed by atoms with van der Waals surface area (Å²) < 4.78 is 0. The molecule has 1 aliphatic rings. The smallest absolute Gasteiger partial charge is 0.0746 e. The molecule has 2 unspecified atom stereocenters. The molecule has 0 amide bonds. The maximum Gasteiger partial charge on any atom is 0.0746 e. The second-order valence-corrected chi connectivity index (χ2v) is 6.09. The zero-order chi connectivity index (χ0) is 13.3. The molecule has 1 aliphatic carbocycles. The molecule has 0 radical (unpaired) electrons. The van der Waals surface area contributed by atoms with Gasteiger partial charge in [-0.2, -0.15) is 0 Å². The minimum absolute atomic E-state index is 0.511. The van der Waals surface area contributed by atoms with E-state index in [1.165, 1.54) is 25.7 Å². The molecule has 18 heavy (non-hydrogen) atoms. The Bertz CT molecular complexity index is 411. The Morgan fingerprint density at radius 3 is 2.28 bits per heavy atom. The van der Waals surface area contributed by atoms with Crippen LogP contribution in [0.15, 0.2) is 12.1 Å². The molecule has 0 saturated heterocycles. The van der Waals surface area contributed by atoms with Crippen molar-refractivity contribution in [2.45, 2.75) is 38.6 Å². The molecule has 0 bridgehead atoms. The van der Waals surface area contributed by atoms with E-state index in [9.17, 15) is 0 Å². The van der Waals surface area contributed by atoms with Gasteiger partial charge in [0.1, 0.15) is 0 Å². The highest BCUT2D eigenvalue weighted by Crippen LogP contribution is 2.39. The van der Waals surface area contributed by atoms with E-state index >= 15 is 0 Å². The van der Waals surface area contributed by atoms with Crippen LogP contribution in [0.5, 0.6) is 0 Å². The van der Waals surface area contributed by atoms with Gasteiger partial charge in [0, 0.05) is 18.8 Å². The van der Waals surface area contributed by atoms with E-state index in [1.54, 1.807) is 12.1 Å². The summed E-state index contributed by atoms with van der Waals surface area (Å²) in [5.74, 6) is 0.674. The van der Waals surface area contributed by atoms with Gasteiger partial charge in [0.15, 0.2) is 0 Å². The summed E-state index contributed by atoms with van der Waals surface area (Å²) in [6.45, 7) is 2.30. The monoisotopic (exact) mass is 286 g/mol. The highest BCUT2D eigenvalue weighted by atomic mass is 35.5. The van der Waals surface area contributed by atoms with Crippen molar-refractivity contribution in [3.63, 3.8) is 0 Å². The molecule has 0 heterocycles. The molecule has 1 fully saturated rings. The zero-order valence-electron chi connectivity index (χ0n) is 10.9. The van der Waals surface area contributed by atoms with Gasteiger partial charge in [0.25, 0.3) is 0 Å². The second kappa shape index (κ2) is 5.58. The van der Waals surface area contributed by atoms with Crippen molar-refractivity contribution in [1.29, 1.82) is 0 Å². The zero-order valence-corrected chi connectivity index (χ0v) is 12.4. The number of nitrogens with zero attached hydrogens (tertiary/aromatic N) is 1. The average Bonchev–Trinajstić information content (AvgIpc) is 2.27. The molecule has 0 aliphatic heterocycles. The van der Waals surface area contributed by atoms with Crippen molar-refractivity contribution in [1.82, 2.24) is 0 Å². The van der Waals surface area contributed by atoms with Crippen LogP contribution >= 0.6 is 23.2 Å². The topological polar surface area (TPSA) is 29.3 Å². The van der Waals surface area contributed by atoms with Crippen molar-refractivity contribution >= 4 is 34.6 Å². The SMILES string of the molecule is CC1CCCCC1N(C)c1c(Cl)cc(N)cc1Cl. The fourth-order valence-corrected chi connectivity index (χ4v) is 3.73. The van der Waals surface area contributed by atoms with Crippen LogP contribution in [0.4, 0.5) is 11.4 Å². The lowest BCUT2D eigenvalue weighted by molar-refractivity contribution is 0.322. The number of halogens is 2. The van der Waals surface area contributed by atoms with Gasteiger partial charge in [0.05, 0.1) is 15.7 Å². The highest BCUT2D eigenvalue weighted by molar-refractivity contribution is 6.39. The van der Waals surface area contributed by atoms with Crippen LogP contribution in [0.25, 0.3) is 0 Å². The van der Waals surface area contributed by atoms with E-state index in [1.807, 2.05) is 0 Å². The Labute approximate surface area is 119 Å². The highest BCUT2D eigenvalue weighted by Gasteiger charge is 2.27. The van der Waals surface area contributed by atoms with E-state index in [0.29, 0.717) is 27.7 Å². The summed E-state index contributed by atoms with van der Waals surface area (Å²) in [7, 11) is 2.08. The summed E-state index contributed by atoms with van der Waals surface area (Å²) in [6.07, 6.45) is 5.09. The van der Waals surface area contributed by atoms with Crippen molar-refractivity contribution in [3.8, 4) is 0 Å². The minimum Gasteiger partial charge on any atom is -0.399 e. The third-order valence-electron chi connectivity index (χ3n) is 3.96. The maximum absolute atomic E-state index is 6.29. The summed E-state index contributed by atoms with van der Waals surface area (Å²) in [5.41, 5.74) is 7.27. The Morgan fingerprint density at radius 1 is 1.17 bits per heavy atom. The molecule has 2 N–H and O–H groups in total. The molecule has 2 atom stereocenters. The predicted molar refractivity (Wildman–Crippen MR) is 80.7 cm³/mol. The van der Waals surface area contributed by atoms with Crippen molar-refractivity contribution in [2.75, 3.05) is 17.7 Å². The number of hydrogen-bond acceptors (Lipinski definition) is 2. The minimum atomic E-state index is 0.511. The lowest BCUT2D eigenvalue weighted by atomic mass is 9.85. The van der Waals surface area contributed by atoms with Crippen LogP contribution in [-0.4, -0.2) is 13.1 Å². The van der Waals surface area contributed by atoms with Gasteiger partial charge in [-0.3, -0.25) is 0 Å². The lowest BCUT2D eigenvalue weighted by Gasteiger charge is -2.38. The summed E-state index contributed by atoms with van der Waals surface area (Å²) in [5, 5.41) is 1.28. The molecule has 100 valence electrons. The molecule has 2 nitrogen and oxygen atoms in total. The maximum atomic E-state index is 6.29. The van der Waals surface area contributed by atoms with Gasteiger partial charge in [-0.1, -0.05) is 43.0 Å². The van der Waals surface area contributed by atoms with Gasteiger partial charge < -0.3 is 10.6 Å². The van der Waals surface area contributed by atoms with Crippen molar-refractivity contribution in [2.24, 2.45) is 5.92 Å². The van der Waals surface area contributed by atoms with Crippen molar-refractivity contribution < 1.29 is 0 Å². The summed E-state index contributed by atoms with van der Waals surface area (Å²) in [4.78, 5) is 2.23. The van der Waals surface area contributed by atoms with E-state index in [-0.39, 0.29) is 0 Å². The predicted octanol–water partition coefficient (Wildman–Crippen LogP) is 4.59. The number of rotatable bonds is 2. The van der Waals surface area contributed by atoms with Crippen LogP contribution < -0.4 is 10.6 Å². The Morgan fingerprint density at radius 2 is 1.72 bits per heavy atom. The fraction of sp³-hybridized carbons (Fsp3) is 0.571. The second-order valence-electron chi connectivity index (χ2n) is 5.27. The number of benzene rings is 1. The lowest BCUT2D eigenvalue weighted by Crippen LogP contribution is -2.39. The molecule has 1 saturated carbocycles. The molecule has 4 heteroatoms. The van der Waals surface area contributed by atoms with Crippen LogP contribution in [0.3, 0.4) is 0 Å². The summed E-state index contributed by atoms with van der Waals surface area (Å²) >= 11 is 12.6. The average molecular weight is 287 g/mol. The Kier molecular flexibility index (Phi) is 4.29. The van der Waals surface area contributed by atoms with Crippen LogP contribution in [0.1, 0.15) is 32.6 Å². The first kappa shape index (κ1) is 13.8. The van der Waals surface area contributed by atoms with Gasteiger partial charge in [0.2, 0.25) is 0 Å². The normalized spacial score (nSPS) is 24.0. The largest absolute Gasteiger partial charge is 0.399 e. The first-order valence-electron chi connectivity index (χ1n) is 6.48. The van der Waals surface area contributed by atoms with Crippen LogP contribution in [0, 0.1) is 5.92 Å². The van der Waals surface area contributed by atoms with Gasteiger partial charge in [-0.15, -0.1) is 0 Å². The Hall–Kier alpha value is -0.600. The number of nitrogens with two attached hydrogens (primary N) is 1. The van der Waals surface area contributed by atoms with E-state index in [2.05, 4.69) is 18.9 Å². The molecule has 1 aromatic rings. The van der Waals surface area contributed by atoms with Gasteiger partial charge in [-0.25, -0.2) is 0 Å². The first-order chi connectivity index (χ1) is 8.50. The third kappa shape index (κ3) is 2.70. The number of hydrogen-bond donors (Lipinski definition) is 1. The standard InChI is InChI=1S/C14H20Cl2N2/c1-9-5-3-4-6-13(9)18(2)14-11(15)7-10(17)8-12(14)16/h7-9,13H,3-6,17H2,1-2H3. The molecule has 1 aromatic carbocycles. The first-order valence-corrected chi connectivity index (χ1v) is 7.23. The molecular weight excluding hydrogens is 267 g/mol. The number of nitrogen functional groups attached to an aromatic ring is 1. The Balaban J connectivity index is 2.30. The molecular formula is C14H20Cl2N2.